The fourth-order valence-electron chi connectivity index (χ4n) is 3.48. The van der Waals surface area contributed by atoms with Crippen molar-refractivity contribution < 1.29 is 9.53 Å². The smallest absolute Gasteiger partial charge is 0.235 e. The van der Waals surface area contributed by atoms with E-state index in [9.17, 15) is 4.79 Å². The molecule has 1 aliphatic carbocycles. The first-order valence-corrected chi connectivity index (χ1v) is 8.03. The molecule has 4 heteroatoms. The first kappa shape index (κ1) is 15.5. The van der Waals surface area contributed by atoms with E-state index < -0.39 is 5.41 Å². The lowest BCUT2D eigenvalue weighted by molar-refractivity contribution is -0.121. The lowest BCUT2D eigenvalue weighted by Gasteiger charge is -2.28. The minimum absolute atomic E-state index is 0.0626. The van der Waals surface area contributed by atoms with Gasteiger partial charge in [-0.1, -0.05) is 43.2 Å². The Hall–Kier alpha value is -2.36. The number of hydrogen-bond acceptors (Lipinski definition) is 3. The molecule has 1 heterocycles. The maximum absolute atomic E-state index is 13.0. The Bertz CT molecular complexity index is 692. The van der Waals surface area contributed by atoms with Crippen LogP contribution in [-0.2, 0) is 10.2 Å². The number of methoxy groups -OCH3 is 1. The van der Waals surface area contributed by atoms with Gasteiger partial charge in [0, 0.05) is 5.56 Å². The molecule has 1 aromatic carbocycles. The van der Waals surface area contributed by atoms with Crippen LogP contribution in [0.4, 0.5) is 5.69 Å². The van der Waals surface area contributed by atoms with Gasteiger partial charge in [0.05, 0.1) is 24.4 Å². The van der Waals surface area contributed by atoms with Crippen LogP contribution in [0.15, 0.2) is 42.6 Å². The number of aryl methyl sites for hydroxylation is 1. The highest BCUT2D eigenvalue weighted by atomic mass is 16.5. The lowest BCUT2D eigenvalue weighted by Crippen LogP contribution is -2.38. The molecule has 0 saturated heterocycles. The zero-order chi connectivity index (χ0) is 16.3. The SMILES string of the molecule is COc1ncc(NC(=O)C2(c3ccccc3)CCCC2)cc1C. The van der Waals surface area contributed by atoms with Gasteiger partial charge in [-0.25, -0.2) is 4.98 Å². The third-order valence-electron chi connectivity index (χ3n) is 4.70. The molecule has 4 nitrogen and oxygen atoms in total. The van der Waals surface area contributed by atoms with Crippen LogP contribution in [0, 0.1) is 6.92 Å². The highest BCUT2D eigenvalue weighted by Gasteiger charge is 2.42. The molecule has 0 atom stereocenters. The van der Waals surface area contributed by atoms with E-state index in [1.807, 2.05) is 31.2 Å². The summed E-state index contributed by atoms with van der Waals surface area (Å²) in [4.78, 5) is 17.3. The van der Waals surface area contributed by atoms with E-state index in [0.29, 0.717) is 5.88 Å². The molecule has 0 aliphatic heterocycles. The molecule has 3 rings (SSSR count). The van der Waals surface area contributed by atoms with Crippen molar-refractivity contribution in [2.75, 3.05) is 12.4 Å². The summed E-state index contributed by atoms with van der Waals surface area (Å²) in [6.45, 7) is 1.92. The molecule has 1 aromatic heterocycles. The van der Waals surface area contributed by atoms with E-state index in [2.05, 4.69) is 22.4 Å². The summed E-state index contributed by atoms with van der Waals surface area (Å²) in [6.07, 6.45) is 5.61. The second-order valence-electron chi connectivity index (χ2n) is 6.16. The van der Waals surface area contributed by atoms with Gasteiger partial charge in [0.25, 0.3) is 0 Å². The van der Waals surface area contributed by atoms with Crippen molar-refractivity contribution in [2.45, 2.75) is 38.0 Å². The second-order valence-corrected chi connectivity index (χ2v) is 6.16. The molecule has 0 spiro atoms. The molecule has 0 bridgehead atoms. The van der Waals surface area contributed by atoms with Crippen molar-refractivity contribution in [2.24, 2.45) is 0 Å². The third kappa shape index (κ3) is 2.93. The normalized spacial score (nSPS) is 16.1. The Morgan fingerprint density at radius 3 is 2.52 bits per heavy atom. The minimum Gasteiger partial charge on any atom is -0.481 e. The van der Waals surface area contributed by atoms with E-state index >= 15 is 0 Å². The Balaban J connectivity index is 1.87. The van der Waals surface area contributed by atoms with Crippen molar-refractivity contribution in [3.63, 3.8) is 0 Å². The molecule has 1 amide bonds. The van der Waals surface area contributed by atoms with E-state index in [4.69, 9.17) is 4.74 Å². The van der Waals surface area contributed by atoms with Crippen LogP contribution in [0.1, 0.15) is 36.8 Å². The Labute approximate surface area is 136 Å². The van der Waals surface area contributed by atoms with Crippen LogP contribution in [0.25, 0.3) is 0 Å². The molecule has 1 fully saturated rings. The summed E-state index contributed by atoms with van der Waals surface area (Å²) < 4.78 is 5.17. The molecule has 120 valence electrons. The number of carbonyl (C=O) groups excluding carboxylic acids is 1. The molecular weight excluding hydrogens is 288 g/mol. The zero-order valence-electron chi connectivity index (χ0n) is 13.6. The third-order valence-corrected chi connectivity index (χ3v) is 4.70. The number of anilines is 1. The number of pyridine rings is 1. The summed E-state index contributed by atoms with van der Waals surface area (Å²) in [7, 11) is 1.59. The van der Waals surface area contributed by atoms with Gasteiger partial charge >= 0.3 is 0 Å². The van der Waals surface area contributed by atoms with Crippen LogP contribution in [0.2, 0.25) is 0 Å². The minimum atomic E-state index is -0.422. The maximum Gasteiger partial charge on any atom is 0.235 e. The quantitative estimate of drug-likeness (QED) is 0.933. The maximum atomic E-state index is 13.0. The molecule has 23 heavy (non-hydrogen) atoms. The summed E-state index contributed by atoms with van der Waals surface area (Å²) in [6, 6.07) is 12.0. The molecular formula is C19H22N2O2. The Morgan fingerprint density at radius 2 is 1.91 bits per heavy atom. The van der Waals surface area contributed by atoms with Gasteiger partial charge in [0.15, 0.2) is 0 Å². The summed E-state index contributed by atoms with van der Waals surface area (Å²) in [5, 5.41) is 3.06. The number of hydrogen-bond donors (Lipinski definition) is 1. The van der Waals surface area contributed by atoms with Gasteiger partial charge in [-0.2, -0.15) is 0 Å². The van der Waals surface area contributed by atoms with Crippen LogP contribution in [0.5, 0.6) is 5.88 Å². The largest absolute Gasteiger partial charge is 0.481 e. The molecule has 1 N–H and O–H groups in total. The van der Waals surface area contributed by atoms with Crippen LogP contribution in [0.3, 0.4) is 0 Å². The van der Waals surface area contributed by atoms with Crippen LogP contribution >= 0.6 is 0 Å². The van der Waals surface area contributed by atoms with Gasteiger partial charge in [0.2, 0.25) is 11.8 Å². The number of aromatic nitrogens is 1. The summed E-state index contributed by atoms with van der Waals surface area (Å²) >= 11 is 0. The van der Waals surface area contributed by atoms with E-state index in [1.54, 1.807) is 13.3 Å². The Kier molecular flexibility index (Phi) is 4.33. The molecule has 1 saturated carbocycles. The van der Waals surface area contributed by atoms with E-state index in [-0.39, 0.29) is 5.91 Å². The number of rotatable bonds is 4. The first-order valence-electron chi connectivity index (χ1n) is 8.03. The van der Waals surface area contributed by atoms with Crippen molar-refractivity contribution in [1.82, 2.24) is 4.98 Å². The predicted molar refractivity (Wildman–Crippen MR) is 90.7 cm³/mol. The molecule has 0 unspecified atom stereocenters. The molecule has 0 radical (unpaired) electrons. The van der Waals surface area contributed by atoms with E-state index in [0.717, 1.165) is 42.5 Å². The zero-order valence-corrected chi connectivity index (χ0v) is 13.6. The number of ether oxygens (including phenoxy) is 1. The lowest BCUT2D eigenvalue weighted by atomic mass is 9.78. The van der Waals surface area contributed by atoms with Crippen molar-refractivity contribution in [3.05, 3.63) is 53.7 Å². The van der Waals surface area contributed by atoms with Gasteiger partial charge in [-0.05, 0) is 31.4 Å². The first-order chi connectivity index (χ1) is 11.2. The van der Waals surface area contributed by atoms with Crippen LogP contribution in [-0.4, -0.2) is 18.0 Å². The topological polar surface area (TPSA) is 51.2 Å². The fraction of sp³-hybridized carbons (Fsp3) is 0.368. The number of nitrogens with zero attached hydrogens (tertiary/aromatic N) is 1. The highest BCUT2D eigenvalue weighted by Crippen LogP contribution is 2.42. The van der Waals surface area contributed by atoms with Gasteiger partial charge < -0.3 is 10.1 Å². The van der Waals surface area contributed by atoms with Gasteiger partial charge in [0.1, 0.15) is 0 Å². The predicted octanol–water partition coefficient (Wildman–Crippen LogP) is 3.85. The van der Waals surface area contributed by atoms with E-state index in [1.165, 1.54) is 0 Å². The van der Waals surface area contributed by atoms with Crippen molar-refractivity contribution in [3.8, 4) is 5.88 Å². The summed E-state index contributed by atoms with van der Waals surface area (Å²) in [5.41, 5.74) is 2.31. The Morgan fingerprint density at radius 1 is 1.22 bits per heavy atom. The van der Waals surface area contributed by atoms with Gasteiger partial charge in [-0.3, -0.25) is 4.79 Å². The number of benzene rings is 1. The molecule has 2 aromatic rings. The van der Waals surface area contributed by atoms with Crippen LogP contribution < -0.4 is 10.1 Å². The summed E-state index contributed by atoms with van der Waals surface area (Å²) in [5.74, 6) is 0.647. The highest BCUT2D eigenvalue weighted by molar-refractivity contribution is 5.99. The number of carbonyl (C=O) groups is 1. The second kappa shape index (κ2) is 6.41. The number of amides is 1. The fourth-order valence-corrected chi connectivity index (χ4v) is 3.48. The number of nitrogens with one attached hydrogen (secondary N) is 1. The van der Waals surface area contributed by atoms with Crippen molar-refractivity contribution >= 4 is 11.6 Å². The average molecular weight is 310 g/mol. The molecule has 1 aliphatic rings. The monoisotopic (exact) mass is 310 g/mol. The van der Waals surface area contributed by atoms with Crippen molar-refractivity contribution in [1.29, 1.82) is 0 Å². The van der Waals surface area contributed by atoms with Gasteiger partial charge in [-0.15, -0.1) is 0 Å². The average Bonchev–Trinajstić information content (AvgIpc) is 3.07. The standard InChI is InChI=1S/C19H22N2O2/c1-14-12-16(13-20-17(14)23-2)21-18(22)19(10-6-7-11-19)15-8-4-3-5-9-15/h3-5,8-9,12-13H,6-7,10-11H2,1-2H3,(H,21,22).